The molecule has 1 aromatic heterocycles. The Balaban J connectivity index is 1.95. The molecule has 0 unspecified atom stereocenters. The smallest absolute Gasteiger partial charge is 0.162 e. The highest BCUT2D eigenvalue weighted by atomic mass is 16.5. The Kier molecular flexibility index (Phi) is 4.43. The van der Waals surface area contributed by atoms with E-state index in [4.69, 9.17) is 15.5 Å². The van der Waals surface area contributed by atoms with Gasteiger partial charge in [-0.05, 0) is 25.7 Å². The van der Waals surface area contributed by atoms with Crippen molar-refractivity contribution in [3.05, 3.63) is 17.6 Å². The summed E-state index contributed by atoms with van der Waals surface area (Å²) in [5.41, 5.74) is 6.89. The van der Waals surface area contributed by atoms with Crippen molar-refractivity contribution in [2.75, 3.05) is 12.8 Å². The normalized spacial score (nSPS) is 23.1. The molecule has 2 aliphatic rings. The quantitative estimate of drug-likeness (QED) is 0.857. The van der Waals surface area contributed by atoms with Crippen molar-refractivity contribution in [1.29, 1.82) is 0 Å². The number of anilines is 1. The molecule has 4 nitrogen and oxygen atoms in total. The molecule has 0 aliphatic heterocycles. The fourth-order valence-corrected chi connectivity index (χ4v) is 3.94. The van der Waals surface area contributed by atoms with E-state index in [0.717, 1.165) is 24.4 Å². The SMILES string of the molecule is COC1(c2nc(N)cc(C3CCCC3)n2)CCCCCC1. The minimum absolute atomic E-state index is 0.320. The van der Waals surface area contributed by atoms with Crippen LogP contribution in [0.4, 0.5) is 5.82 Å². The molecule has 4 heteroatoms. The summed E-state index contributed by atoms with van der Waals surface area (Å²) in [6.07, 6.45) is 12.0. The lowest BCUT2D eigenvalue weighted by Gasteiger charge is -2.30. The van der Waals surface area contributed by atoms with Gasteiger partial charge in [0.2, 0.25) is 0 Å². The number of aromatic nitrogens is 2. The van der Waals surface area contributed by atoms with Crippen LogP contribution < -0.4 is 5.73 Å². The van der Waals surface area contributed by atoms with E-state index in [2.05, 4.69) is 4.98 Å². The number of nitrogen functional groups attached to an aromatic ring is 1. The van der Waals surface area contributed by atoms with Crippen LogP contribution in [0.3, 0.4) is 0 Å². The van der Waals surface area contributed by atoms with Crippen LogP contribution in [-0.2, 0) is 10.3 Å². The van der Waals surface area contributed by atoms with Gasteiger partial charge in [0, 0.05) is 24.8 Å². The van der Waals surface area contributed by atoms with Crippen LogP contribution in [0.25, 0.3) is 0 Å². The molecular formula is C17H27N3O. The molecule has 0 atom stereocenters. The highest BCUT2D eigenvalue weighted by Crippen LogP contribution is 2.39. The standard InChI is InChI=1S/C17H27N3O/c1-21-17(10-6-2-3-7-11-17)16-19-14(12-15(18)20-16)13-8-4-5-9-13/h12-13H,2-11H2,1H3,(H2,18,19,20). The van der Waals surface area contributed by atoms with Gasteiger partial charge in [-0.3, -0.25) is 0 Å². The third kappa shape index (κ3) is 3.05. The number of nitrogens with zero attached hydrogens (tertiary/aromatic N) is 2. The molecule has 2 aliphatic carbocycles. The maximum atomic E-state index is 6.08. The first kappa shape index (κ1) is 14.8. The number of ether oxygens (including phenoxy) is 1. The highest BCUT2D eigenvalue weighted by Gasteiger charge is 2.36. The van der Waals surface area contributed by atoms with Crippen LogP contribution in [0, 0.1) is 0 Å². The van der Waals surface area contributed by atoms with Crippen molar-refractivity contribution in [2.45, 2.75) is 75.7 Å². The molecule has 0 aromatic carbocycles. The monoisotopic (exact) mass is 289 g/mol. The van der Waals surface area contributed by atoms with Gasteiger partial charge >= 0.3 is 0 Å². The maximum Gasteiger partial charge on any atom is 0.162 e. The molecule has 1 heterocycles. The summed E-state index contributed by atoms with van der Waals surface area (Å²) in [6, 6.07) is 1.97. The first-order valence-corrected chi connectivity index (χ1v) is 8.44. The number of rotatable bonds is 3. The van der Waals surface area contributed by atoms with Gasteiger partial charge in [0.15, 0.2) is 5.82 Å². The molecule has 0 spiro atoms. The van der Waals surface area contributed by atoms with E-state index in [-0.39, 0.29) is 5.60 Å². The summed E-state index contributed by atoms with van der Waals surface area (Å²) in [5.74, 6) is 1.99. The average molecular weight is 289 g/mol. The number of methoxy groups -OCH3 is 1. The second-order valence-corrected chi connectivity index (χ2v) is 6.64. The van der Waals surface area contributed by atoms with Gasteiger partial charge in [-0.1, -0.05) is 38.5 Å². The Morgan fingerprint density at radius 1 is 1.05 bits per heavy atom. The van der Waals surface area contributed by atoms with Crippen molar-refractivity contribution in [3.8, 4) is 0 Å². The van der Waals surface area contributed by atoms with Gasteiger partial charge in [-0.15, -0.1) is 0 Å². The number of nitrogens with two attached hydrogens (primary N) is 1. The predicted molar refractivity (Wildman–Crippen MR) is 84.0 cm³/mol. The van der Waals surface area contributed by atoms with E-state index >= 15 is 0 Å². The van der Waals surface area contributed by atoms with Gasteiger partial charge in [-0.25, -0.2) is 9.97 Å². The van der Waals surface area contributed by atoms with E-state index in [0.29, 0.717) is 11.7 Å². The summed E-state index contributed by atoms with van der Waals surface area (Å²) >= 11 is 0. The number of hydrogen-bond donors (Lipinski definition) is 1. The van der Waals surface area contributed by atoms with Crippen LogP contribution >= 0.6 is 0 Å². The van der Waals surface area contributed by atoms with Gasteiger partial charge in [0.05, 0.1) is 0 Å². The summed E-state index contributed by atoms with van der Waals surface area (Å²) in [5, 5.41) is 0. The first-order valence-electron chi connectivity index (χ1n) is 8.44. The maximum absolute atomic E-state index is 6.08. The predicted octanol–water partition coefficient (Wildman–Crippen LogP) is 3.91. The van der Waals surface area contributed by atoms with Crippen LogP contribution in [0.1, 0.15) is 81.6 Å². The van der Waals surface area contributed by atoms with E-state index in [1.807, 2.05) is 6.07 Å². The molecule has 116 valence electrons. The molecule has 0 saturated heterocycles. The topological polar surface area (TPSA) is 61.0 Å². The average Bonchev–Trinajstić information content (AvgIpc) is 2.92. The molecule has 0 amide bonds. The first-order chi connectivity index (χ1) is 10.2. The Morgan fingerprint density at radius 2 is 1.71 bits per heavy atom. The van der Waals surface area contributed by atoms with Crippen molar-refractivity contribution < 1.29 is 4.74 Å². The second-order valence-electron chi connectivity index (χ2n) is 6.64. The zero-order chi connectivity index (χ0) is 14.7. The summed E-state index contributed by atoms with van der Waals surface area (Å²) in [6.45, 7) is 0. The fraction of sp³-hybridized carbons (Fsp3) is 0.765. The molecule has 21 heavy (non-hydrogen) atoms. The molecule has 2 fully saturated rings. The summed E-state index contributed by atoms with van der Waals surface area (Å²) in [7, 11) is 1.80. The lowest BCUT2D eigenvalue weighted by molar-refractivity contribution is -0.0352. The summed E-state index contributed by atoms with van der Waals surface area (Å²) < 4.78 is 5.94. The van der Waals surface area contributed by atoms with Crippen molar-refractivity contribution in [1.82, 2.24) is 9.97 Å². The Hall–Kier alpha value is -1.16. The van der Waals surface area contributed by atoms with Crippen molar-refractivity contribution in [3.63, 3.8) is 0 Å². The van der Waals surface area contributed by atoms with Crippen molar-refractivity contribution in [2.24, 2.45) is 0 Å². The zero-order valence-electron chi connectivity index (χ0n) is 13.1. The third-order valence-electron chi connectivity index (χ3n) is 5.25. The largest absolute Gasteiger partial charge is 0.384 e. The minimum atomic E-state index is -0.320. The lowest BCUT2D eigenvalue weighted by atomic mass is 9.92. The molecule has 1 aromatic rings. The lowest BCUT2D eigenvalue weighted by Crippen LogP contribution is -2.31. The van der Waals surface area contributed by atoms with Gasteiger partial charge < -0.3 is 10.5 Å². The highest BCUT2D eigenvalue weighted by molar-refractivity contribution is 5.33. The molecular weight excluding hydrogens is 262 g/mol. The van der Waals surface area contributed by atoms with Crippen LogP contribution in [0.5, 0.6) is 0 Å². The molecule has 3 rings (SSSR count). The van der Waals surface area contributed by atoms with Gasteiger partial charge in [0.1, 0.15) is 11.4 Å². The molecule has 2 saturated carbocycles. The van der Waals surface area contributed by atoms with Gasteiger partial charge in [-0.2, -0.15) is 0 Å². The second kappa shape index (κ2) is 6.30. The van der Waals surface area contributed by atoms with Crippen LogP contribution in [-0.4, -0.2) is 17.1 Å². The van der Waals surface area contributed by atoms with Crippen LogP contribution in [0.15, 0.2) is 6.07 Å². The van der Waals surface area contributed by atoms with E-state index < -0.39 is 0 Å². The third-order valence-corrected chi connectivity index (χ3v) is 5.25. The van der Waals surface area contributed by atoms with Crippen LogP contribution in [0.2, 0.25) is 0 Å². The molecule has 2 N–H and O–H groups in total. The minimum Gasteiger partial charge on any atom is -0.384 e. The van der Waals surface area contributed by atoms with Gasteiger partial charge in [0.25, 0.3) is 0 Å². The zero-order valence-corrected chi connectivity index (χ0v) is 13.1. The van der Waals surface area contributed by atoms with E-state index in [9.17, 15) is 0 Å². The van der Waals surface area contributed by atoms with E-state index in [1.165, 1.54) is 51.4 Å². The summed E-state index contributed by atoms with van der Waals surface area (Å²) in [4.78, 5) is 9.46. The molecule has 0 bridgehead atoms. The Labute approximate surface area is 127 Å². The van der Waals surface area contributed by atoms with E-state index in [1.54, 1.807) is 7.11 Å². The van der Waals surface area contributed by atoms with Crippen molar-refractivity contribution >= 4 is 5.82 Å². The fourth-order valence-electron chi connectivity index (χ4n) is 3.94. The Bertz CT molecular complexity index is 475. The molecule has 0 radical (unpaired) electrons. The number of hydrogen-bond acceptors (Lipinski definition) is 4. The Morgan fingerprint density at radius 3 is 2.33 bits per heavy atom.